The van der Waals surface area contributed by atoms with Gasteiger partial charge in [0.05, 0.1) is 11.5 Å². The fourth-order valence-corrected chi connectivity index (χ4v) is 3.95. The highest BCUT2D eigenvalue weighted by molar-refractivity contribution is 5.92. The van der Waals surface area contributed by atoms with E-state index in [1.54, 1.807) is 11.1 Å². The van der Waals surface area contributed by atoms with E-state index < -0.39 is 11.4 Å². The summed E-state index contributed by atoms with van der Waals surface area (Å²) in [6, 6.07) is 1.52. The van der Waals surface area contributed by atoms with E-state index >= 15 is 0 Å². The molecular formula is C18H25N3O4. The molecule has 25 heavy (non-hydrogen) atoms. The number of amides is 2. The second kappa shape index (κ2) is 6.54. The first kappa shape index (κ1) is 17.5. The first-order valence-corrected chi connectivity index (χ1v) is 8.74. The van der Waals surface area contributed by atoms with Crippen LogP contribution in [0.4, 0.5) is 10.5 Å². The molecule has 2 fully saturated rings. The number of carboxylic acids is 1. The van der Waals surface area contributed by atoms with Crippen LogP contribution in [0, 0.1) is 18.3 Å². The smallest absolute Gasteiger partial charge is 0.322 e. The molecule has 1 saturated heterocycles. The van der Waals surface area contributed by atoms with Crippen LogP contribution < -0.4 is 10.1 Å². The molecule has 2 N–H and O–H groups in total. The van der Waals surface area contributed by atoms with Crippen molar-refractivity contribution < 1.29 is 19.4 Å². The van der Waals surface area contributed by atoms with Crippen LogP contribution in [0.25, 0.3) is 0 Å². The molecule has 0 spiro atoms. The number of pyridine rings is 1. The van der Waals surface area contributed by atoms with E-state index in [2.05, 4.69) is 10.3 Å². The number of anilines is 1. The molecule has 1 aliphatic carbocycles. The fraction of sp³-hybridized carbons (Fsp3) is 0.611. The number of nitrogens with one attached hydrogen (secondary N) is 1. The lowest BCUT2D eigenvalue weighted by molar-refractivity contribution is -0.149. The predicted octanol–water partition coefficient (Wildman–Crippen LogP) is 2.90. The summed E-state index contributed by atoms with van der Waals surface area (Å²) >= 11 is 0. The highest BCUT2D eigenvalue weighted by Gasteiger charge is 2.55. The summed E-state index contributed by atoms with van der Waals surface area (Å²) in [6.07, 6.45) is 4.05. The Balaban J connectivity index is 1.75. The minimum Gasteiger partial charge on any atom is -0.481 e. The number of rotatable bonds is 4. The van der Waals surface area contributed by atoms with E-state index in [1.165, 1.54) is 0 Å². The average molecular weight is 347 g/mol. The predicted molar refractivity (Wildman–Crippen MR) is 92.7 cm³/mol. The van der Waals surface area contributed by atoms with E-state index in [-0.39, 0.29) is 24.6 Å². The normalized spacial score (nSPS) is 25.1. The molecule has 2 aliphatic rings. The number of aliphatic carboxylic acids is 1. The number of likely N-dealkylation sites (tertiary alicyclic amines) is 1. The van der Waals surface area contributed by atoms with Gasteiger partial charge in [-0.1, -0.05) is 6.42 Å². The number of carboxylic acid groups (broad SMARTS) is 1. The van der Waals surface area contributed by atoms with Crippen molar-refractivity contribution in [1.82, 2.24) is 9.88 Å². The van der Waals surface area contributed by atoms with Crippen LogP contribution >= 0.6 is 0 Å². The van der Waals surface area contributed by atoms with Gasteiger partial charge in [-0.2, -0.15) is 0 Å². The zero-order chi connectivity index (χ0) is 18.2. The molecule has 7 heteroatoms. The number of urea groups is 1. The Kier molecular flexibility index (Phi) is 4.58. The van der Waals surface area contributed by atoms with Crippen LogP contribution in [0.15, 0.2) is 12.3 Å². The Morgan fingerprint density at radius 2 is 2.24 bits per heavy atom. The number of hydrogen-bond acceptors (Lipinski definition) is 4. The van der Waals surface area contributed by atoms with Gasteiger partial charge in [-0.15, -0.1) is 0 Å². The summed E-state index contributed by atoms with van der Waals surface area (Å²) in [4.78, 5) is 30.3. The minimum atomic E-state index is -0.786. The van der Waals surface area contributed by atoms with Crippen LogP contribution in [0.1, 0.15) is 38.7 Å². The number of fused-ring (bicyclic) bond motifs is 1. The van der Waals surface area contributed by atoms with Crippen LogP contribution in [-0.4, -0.2) is 46.2 Å². The van der Waals surface area contributed by atoms with Gasteiger partial charge in [-0.3, -0.25) is 4.79 Å². The van der Waals surface area contributed by atoms with Crippen molar-refractivity contribution in [2.45, 2.75) is 46.1 Å². The first-order valence-electron chi connectivity index (χ1n) is 8.74. The molecule has 1 aliphatic heterocycles. The van der Waals surface area contributed by atoms with Crippen LogP contribution in [0.3, 0.4) is 0 Å². The zero-order valence-corrected chi connectivity index (χ0v) is 14.9. The summed E-state index contributed by atoms with van der Waals surface area (Å²) in [6.45, 7) is 6.43. The number of aromatic nitrogens is 1. The molecule has 1 aromatic rings. The number of ether oxygens (including phenoxy) is 1. The minimum absolute atomic E-state index is 0.0396. The average Bonchev–Trinajstić information content (AvgIpc) is 3.07. The fourth-order valence-electron chi connectivity index (χ4n) is 3.95. The van der Waals surface area contributed by atoms with Crippen LogP contribution in [-0.2, 0) is 4.79 Å². The van der Waals surface area contributed by atoms with Gasteiger partial charge in [-0.05, 0) is 51.2 Å². The highest BCUT2D eigenvalue weighted by atomic mass is 16.5. The molecule has 3 rings (SSSR count). The maximum absolute atomic E-state index is 12.7. The standard InChI is InChI=1S/C18H25N3O4/c1-11(2)25-15-14(7-12(3)8-19-15)20-17(24)21-9-13-5-4-6-18(13,10-21)16(22)23/h7-8,11,13H,4-6,9-10H2,1-3H3,(H,20,24)(H,22,23)/t13-,18+/m0/s1. The lowest BCUT2D eigenvalue weighted by atomic mass is 9.81. The molecule has 0 radical (unpaired) electrons. The molecule has 0 unspecified atom stereocenters. The molecule has 2 atom stereocenters. The Morgan fingerprint density at radius 3 is 2.88 bits per heavy atom. The van der Waals surface area contributed by atoms with Crippen LogP contribution in [0.5, 0.6) is 5.88 Å². The molecule has 1 saturated carbocycles. The van der Waals surface area contributed by atoms with Gasteiger partial charge in [-0.25, -0.2) is 9.78 Å². The van der Waals surface area contributed by atoms with E-state index in [4.69, 9.17) is 4.74 Å². The van der Waals surface area contributed by atoms with Crippen molar-refractivity contribution in [3.05, 3.63) is 17.8 Å². The molecule has 7 nitrogen and oxygen atoms in total. The number of nitrogens with zero attached hydrogens (tertiary/aromatic N) is 2. The third-order valence-electron chi connectivity index (χ3n) is 5.16. The van der Waals surface area contributed by atoms with E-state index in [0.29, 0.717) is 24.5 Å². The zero-order valence-electron chi connectivity index (χ0n) is 14.9. The Labute approximate surface area is 147 Å². The third-order valence-corrected chi connectivity index (χ3v) is 5.16. The second-order valence-corrected chi connectivity index (χ2v) is 7.39. The highest BCUT2D eigenvalue weighted by Crippen LogP contribution is 2.49. The summed E-state index contributed by atoms with van der Waals surface area (Å²) in [5, 5.41) is 12.5. The SMILES string of the molecule is Cc1cnc(OC(C)C)c(NC(=O)N2C[C@@H]3CCC[C@@]3(C(=O)O)C2)c1. The Hall–Kier alpha value is -2.31. The Bertz CT molecular complexity index is 691. The first-order chi connectivity index (χ1) is 11.8. The van der Waals surface area contributed by atoms with Crippen molar-refractivity contribution >= 4 is 17.7 Å². The van der Waals surface area contributed by atoms with E-state index in [0.717, 1.165) is 18.4 Å². The van der Waals surface area contributed by atoms with Crippen molar-refractivity contribution in [2.75, 3.05) is 18.4 Å². The van der Waals surface area contributed by atoms with Gasteiger partial charge in [0.15, 0.2) is 0 Å². The summed E-state index contributed by atoms with van der Waals surface area (Å²) in [5.41, 5.74) is 0.645. The van der Waals surface area contributed by atoms with Gasteiger partial charge in [0.25, 0.3) is 0 Å². The van der Waals surface area contributed by atoms with E-state index in [9.17, 15) is 14.7 Å². The van der Waals surface area contributed by atoms with Gasteiger partial charge in [0.2, 0.25) is 5.88 Å². The second-order valence-electron chi connectivity index (χ2n) is 7.39. The van der Waals surface area contributed by atoms with Crippen molar-refractivity contribution in [3.8, 4) is 5.88 Å². The van der Waals surface area contributed by atoms with Gasteiger partial charge in [0, 0.05) is 19.3 Å². The lowest BCUT2D eigenvalue weighted by Crippen LogP contribution is -2.38. The lowest BCUT2D eigenvalue weighted by Gasteiger charge is -2.23. The number of hydrogen-bond donors (Lipinski definition) is 2. The third kappa shape index (κ3) is 3.27. The number of aryl methyl sites for hydroxylation is 1. The molecule has 1 aromatic heterocycles. The molecule has 0 bridgehead atoms. The molecular weight excluding hydrogens is 322 g/mol. The molecule has 2 amide bonds. The van der Waals surface area contributed by atoms with Crippen molar-refractivity contribution in [3.63, 3.8) is 0 Å². The maximum Gasteiger partial charge on any atom is 0.322 e. The summed E-state index contributed by atoms with van der Waals surface area (Å²) in [7, 11) is 0. The number of carbonyl (C=O) groups is 2. The van der Waals surface area contributed by atoms with E-state index in [1.807, 2.05) is 26.8 Å². The summed E-state index contributed by atoms with van der Waals surface area (Å²) in [5.74, 6) is -0.370. The van der Waals surface area contributed by atoms with Gasteiger partial charge in [0.1, 0.15) is 5.69 Å². The maximum atomic E-state index is 12.7. The van der Waals surface area contributed by atoms with Gasteiger partial charge < -0.3 is 20.1 Å². The molecule has 2 heterocycles. The summed E-state index contributed by atoms with van der Waals surface area (Å²) < 4.78 is 5.66. The Morgan fingerprint density at radius 1 is 1.48 bits per heavy atom. The monoisotopic (exact) mass is 347 g/mol. The topological polar surface area (TPSA) is 91.8 Å². The molecule has 0 aromatic carbocycles. The molecule has 136 valence electrons. The largest absolute Gasteiger partial charge is 0.481 e. The number of carbonyl (C=O) groups excluding carboxylic acids is 1. The van der Waals surface area contributed by atoms with Gasteiger partial charge >= 0.3 is 12.0 Å². The van der Waals surface area contributed by atoms with Crippen molar-refractivity contribution in [1.29, 1.82) is 0 Å². The van der Waals surface area contributed by atoms with Crippen molar-refractivity contribution in [2.24, 2.45) is 11.3 Å². The quantitative estimate of drug-likeness (QED) is 0.874. The van der Waals surface area contributed by atoms with Crippen LogP contribution in [0.2, 0.25) is 0 Å².